The maximum Gasteiger partial charge on any atom is 0.109 e. The van der Waals surface area contributed by atoms with Crippen LogP contribution in [-0.4, -0.2) is 9.55 Å². The van der Waals surface area contributed by atoms with E-state index in [2.05, 4.69) is 67.8 Å². The van der Waals surface area contributed by atoms with Crippen LogP contribution in [0.25, 0.3) is 11.0 Å². The Morgan fingerprint density at radius 1 is 1.00 bits per heavy atom. The minimum Gasteiger partial charge on any atom is -0.323 e. The molecule has 0 radical (unpaired) electrons. The third-order valence-electron chi connectivity index (χ3n) is 3.67. The summed E-state index contributed by atoms with van der Waals surface area (Å²) in [5, 5.41) is 0. The summed E-state index contributed by atoms with van der Waals surface area (Å²) >= 11 is 0. The van der Waals surface area contributed by atoms with Gasteiger partial charge in [0.05, 0.1) is 11.0 Å². The van der Waals surface area contributed by atoms with Crippen LogP contribution in [0, 0.1) is 13.8 Å². The van der Waals surface area contributed by atoms with Crippen molar-refractivity contribution in [2.75, 3.05) is 0 Å². The predicted octanol–water partition coefficient (Wildman–Crippen LogP) is 4.26. The van der Waals surface area contributed by atoms with Gasteiger partial charge in [-0.25, -0.2) is 4.98 Å². The van der Waals surface area contributed by atoms with Crippen molar-refractivity contribution in [3.63, 3.8) is 0 Å². The second-order valence-corrected chi connectivity index (χ2v) is 5.45. The minimum absolute atomic E-state index is 0.895. The van der Waals surface area contributed by atoms with Crippen LogP contribution in [0.5, 0.6) is 0 Å². The van der Waals surface area contributed by atoms with Gasteiger partial charge in [-0.2, -0.15) is 0 Å². The van der Waals surface area contributed by atoms with Crippen molar-refractivity contribution in [2.45, 2.75) is 33.7 Å². The van der Waals surface area contributed by atoms with Crippen LogP contribution in [0.2, 0.25) is 0 Å². The second kappa shape index (κ2) is 5.12. The molecule has 0 N–H and O–H groups in total. The van der Waals surface area contributed by atoms with Gasteiger partial charge in [0.25, 0.3) is 0 Å². The molecule has 102 valence electrons. The number of fused-ring (bicyclic) bond motifs is 1. The first kappa shape index (κ1) is 12.9. The molecule has 0 saturated carbocycles. The van der Waals surface area contributed by atoms with Crippen LogP contribution >= 0.6 is 0 Å². The van der Waals surface area contributed by atoms with Crippen molar-refractivity contribution in [2.24, 2.45) is 0 Å². The molecule has 0 bridgehead atoms. The summed E-state index contributed by atoms with van der Waals surface area (Å²) in [7, 11) is 0. The highest BCUT2D eigenvalue weighted by molar-refractivity contribution is 5.76. The van der Waals surface area contributed by atoms with E-state index in [1.54, 1.807) is 0 Å². The van der Waals surface area contributed by atoms with Gasteiger partial charge in [-0.1, -0.05) is 48.4 Å². The second-order valence-electron chi connectivity index (χ2n) is 5.45. The number of aromatic nitrogens is 2. The molecule has 1 aromatic heterocycles. The van der Waals surface area contributed by atoms with E-state index < -0.39 is 0 Å². The fourth-order valence-electron chi connectivity index (χ4n) is 2.91. The quantitative estimate of drug-likeness (QED) is 0.691. The number of para-hydroxylation sites is 2. The number of aryl methyl sites for hydroxylation is 3. The summed E-state index contributed by atoms with van der Waals surface area (Å²) in [4.78, 5) is 4.74. The van der Waals surface area contributed by atoms with Crippen molar-refractivity contribution < 1.29 is 0 Å². The standard InChI is InChI=1S/C18H20N2/c1-4-18-19-16-7-5-6-8-17(16)20(18)12-15-10-13(2)9-14(3)11-15/h5-11H,4,12H2,1-3H3. The molecule has 3 aromatic rings. The third kappa shape index (κ3) is 2.34. The fourth-order valence-corrected chi connectivity index (χ4v) is 2.91. The molecule has 0 spiro atoms. The Kier molecular flexibility index (Phi) is 3.31. The number of rotatable bonds is 3. The van der Waals surface area contributed by atoms with Crippen LogP contribution in [0.3, 0.4) is 0 Å². The van der Waals surface area contributed by atoms with E-state index in [4.69, 9.17) is 4.98 Å². The Balaban J connectivity index is 2.09. The monoisotopic (exact) mass is 264 g/mol. The lowest BCUT2D eigenvalue weighted by molar-refractivity contribution is 0.752. The molecule has 3 rings (SSSR count). The summed E-state index contributed by atoms with van der Waals surface area (Å²) < 4.78 is 2.34. The van der Waals surface area contributed by atoms with E-state index >= 15 is 0 Å². The average Bonchev–Trinajstić information content (AvgIpc) is 2.76. The van der Waals surface area contributed by atoms with Crippen molar-refractivity contribution in [3.05, 3.63) is 65.0 Å². The van der Waals surface area contributed by atoms with E-state index in [1.165, 1.54) is 22.2 Å². The van der Waals surface area contributed by atoms with Gasteiger partial charge in [0.15, 0.2) is 0 Å². The number of nitrogens with zero attached hydrogens (tertiary/aromatic N) is 2. The molecule has 0 amide bonds. The molecule has 20 heavy (non-hydrogen) atoms. The van der Waals surface area contributed by atoms with Crippen molar-refractivity contribution in [1.29, 1.82) is 0 Å². The SMILES string of the molecule is CCc1nc2ccccc2n1Cc1cc(C)cc(C)c1. The van der Waals surface area contributed by atoms with Gasteiger partial charge in [-0.15, -0.1) is 0 Å². The smallest absolute Gasteiger partial charge is 0.109 e. The fraction of sp³-hybridized carbons (Fsp3) is 0.278. The lowest BCUT2D eigenvalue weighted by Gasteiger charge is -2.10. The molecule has 0 atom stereocenters. The normalized spacial score (nSPS) is 11.2. The molecule has 2 nitrogen and oxygen atoms in total. The first-order valence-corrected chi connectivity index (χ1v) is 7.18. The molecular weight excluding hydrogens is 244 g/mol. The molecule has 1 heterocycles. The first-order chi connectivity index (χ1) is 9.67. The molecule has 0 aliphatic heterocycles. The van der Waals surface area contributed by atoms with Gasteiger partial charge in [0, 0.05) is 13.0 Å². The highest BCUT2D eigenvalue weighted by atomic mass is 15.1. The van der Waals surface area contributed by atoms with Gasteiger partial charge < -0.3 is 4.57 Å². The van der Waals surface area contributed by atoms with Gasteiger partial charge >= 0.3 is 0 Å². The molecule has 0 saturated heterocycles. The molecule has 0 aliphatic carbocycles. The van der Waals surface area contributed by atoms with Gasteiger partial charge in [0.2, 0.25) is 0 Å². The van der Waals surface area contributed by atoms with E-state index in [1.807, 2.05) is 0 Å². The zero-order valence-corrected chi connectivity index (χ0v) is 12.4. The number of hydrogen-bond acceptors (Lipinski definition) is 1. The zero-order valence-electron chi connectivity index (χ0n) is 12.4. The summed E-state index contributed by atoms with van der Waals surface area (Å²) in [5.41, 5.74) is 6.31. The Bertz CT molecular complexity index is 733. The highest BCUT2D eigenvalue weighted by Gasteiger charge is 2.09. The lowest BCUT2D eigenvalue weighted by Crippen LogP contribution is -2.04. The number of imidazole rings is 1. The molecule has 2 heteroatoms. The summed E-state index contributed by atoms with van der Waals surface area (Å²) in [6.07, 6.45) is 0.958. The predicted molar refractivity (Wildman–Crippen MR) is 84.1 cm³/mol. The van der Waals surface area contributed by atoms with Crippen molar-refractivity contribution in [1.82, 2.24) is 9.55 Å². The van der Waals surface area contributed by atoms with Crippen LogP contribution in [0.4, 0.5) is 0 Å². The molecular formula is C18H20N2. The average molecular weight is 264 g/mol. The first-order valence-electron chi connectivity index (χ1n) is 7.18. The number of hydrogen-bond donors (Lipinski definition) is 0. The number of benzene rings is 2. The van der Waals surface area contributed by atoms with Crippen molar-refractivity contribution in [3.8, 4) is 0 Å². The Hall–Kier alpha value is -2.09. The zero-order chi connectivity index (χ0) is 14.1. The van der Waals surface area contributed by atoms with Gasteiger partial charge in [-0.05, 0) is 31.5 Å². The Morgan fingerprint density at radius 3 is 2.40 bits per heavy atom. The van der Waals surface area contributed by atoms with Crippen LogP contribution in [0.1, 0.15) is 29.4 Å². The topological polar surface area (TPSA) is 17.8 Å². The molecule has 0 aliphatic rings. The van der Waals surface area contributed by atoms with Crippen LogP contribution < -0.4 is 0 Å². The largest absolute Gasteiger partial charge is 0.323 e. The molecule has 0 fully saturated rings. The molecule has 0 unspecified atom stereocenters. The van der Waals surface area contributed by atoms with Crippen molar-refractivity contribution >= 4 is 11.0 Å². The van der Waals surface area contributed by atoms with E-state index in [0.29, 0.717) is 0 Å². The minimum atomic E-state index is 0.895. The lowest BCUT2D eigenvalue weighted by atomic mass is 10.1. The van der Waals surface area contributed by atoms with E-state index in [9.17, 15) is 0 Å². The Labute approximate surface area is 120 Å². The van der Waals surface area contributed by atoms with Crippen LogP contribution in [0.15, 0.2) is 42.5 Å². The van der Waals surface area contributed by atoms with E-state index in [0.717, 1.165) is 24.3 Å². The van der Waals surface area contributed by atoms with E-state index in [-0.39, 0.29) is 0 Å². The summed E-state index contributed by atoms with van der Waals surface area (Å²) in [6, 6.07) is 15.1. The third-order valence-corrected chi connectivity index (χ3v) is 3.67. The van der Waals surface area contributed by atoms with Gasteiger partial charge in [0.1, 0.15) is 5.82 Å². The highest BCUT2D eigenvalue weighted by Crippen LogP contribution is 2.19. The van der Waals surface area contributed by atoms with Gasteiger partial charge in [-0.3, -0.25) is 0 Å². The maximum atomic E-state index is 4.74. The molecule has 2 aromatic carbocycles. The summed E-state index contributed by atoms with van der Waals surface area (Å²) in [5.74, 6) is 1.16. The maximum absolute atomic E-state index is 4.74. The Morgan fingerprint density at radius 2 is 1.70 bits per heavy atom. The van der Waals surface area contributed by atoms with Crippen LogP contribution in [-0.2, 0) is 13.0 Å². The summed E-state index contributed by atoms with van der Waals surface area (Å²) in [6.45, 7) is 7.37.